The van der Waals surface area contributed by atoms with Crippen LogP contribution in [0.15, 0.2) is 42.6 Å². The minimum absolute atomic E-state index is 0.619. The fourth-order valence-corrected chi connectivity index (χ4v) is 5.83. The number of anilines is 1. The third-order valence-electron chi connectivity index (χ3n) is 6.39. The second-order valence-corrected chi connectivity index (χ2v) is 10.0. The fourth-order valence-electron chi connectivity index (χ4n) is 4.68. The van der Waals surface area contributed by atoms with Gasteiger partial charge in [0.2, 0.25) is 0 Å². The van der Waals surface area contributed by atoms with Crippen LogP contribution in [0.1, 0.15) is 23.3 Å². The molecule has 0 radical (unpaired) electrons. The lowest BCUT2D eigenvalue weighted by molar-refractivity contribution is 0.122. The maximum atomic E-state index is 5.60. The highest BCUT2D eigenvalue weighted by Gasteiger charge is 2.22. The van der Waals surface area contributed by atoms with Crippen LogP contribution < -0.4 is 4.90 Å². The molecule has 33 heavy (non-hydrogen) atoms. The molecular formula is C25H28N6OS. The number of nitrogens with zero attached hydrogens (tertiary/aromatic N) is 6. The molecule has 7 nitrogen and oxygen atoms in total. The summed E-state index contributed by atoms with van der Waals surface area (Å²) in [5.41, 5.74) is 4.26. The molecule has 2 aliphatic heterocycles. The van der Waals surface area contributed by atoms with E-state index >= 15 is 0 Å². The molecule has 0 aliphatic carbocycles. The first-order valence-corrected chi connectivity index (χ1v) is 12.5. The first kappa shape index (κ1) is 20.8. The standard InChI is InChI=1S/C25H28N6OS/c1-18-5-4-6-19(15-18)21-7-10-31(28-21)25-26-22-16-20(17-29-8-2-3-9-29)33-23(22)24(27-25)30-11-13-32-14-12-30/h4-7,10,15-16H,2-3,8-9,11-14,17H2,1H3. The summed E-state index contributed by atoms with van der Waals surface area (Å²) >= 11 is 1.83. The molecule has 0 N–H and O–H groups in total. The summed E-state index contributed by atoms with van der Waals surface area (Å²) in [7, 11) is 0. The van der Waals surface area contributed by atoms with E-state index in [0.717, 1.165) is 55.4 Å². The monoisotopic (exact) mass is 460 g/mol. The Hall–Kier alpha value is -2.81. The third-order valence-corrected chi connectivity index (χ3v) is 7.49. The van der Waals surface area contributed by atoms with E-state index in [1.165, 1.54) is 41.1 Å². The molecule has 0 saturated carbocycles. The molecule has 1 aromatic carbocycles. The molecule has 170 valence electrons. The summed E-state index contributed by atoms with van der Waals surface area (Å²) in [5.74, 6) is 1.62. The van der Waals surface area contributed by atoms with Gasteiger partial charge in [0, 0.05) is 36.3 Å². The van der Waals surface area contributed by atoms with Crippen molar-refractivity contribution in [1.29, 1.82) is 0 Å². The van der Waals surface area contributed by atoms with Gasteiger partial charge >= 0.3 is 0 Å². The van der Waals surface area contributed by atoms with Crippen LogP contribution in [-0.4, -0.2) is 64.0 Å². The Labute approximate surface area is 197 Å². The van der Waals surface area contributed by atoms with Gasteiger partial charge in [-0.2, -0.15) is 10.1 Å². The second-order valence-electron chi connectivity index (χ2n) is 8.87. The molecular weight excluding hydrogens is 432 g/mol. The van der Waals surface area contributed by atoms with Crippen molar-refractivity contribution < 1.29 is 4.74 Å². The first-order valence-electron chi connectivity index (χ1n) is 11.7. The number of ether oxygens (including phenoxy) is 1. The van der Waals surface area contributed by atoms with E-state index < -0.39 is 0 Å². The van der Waals surface area contributed by atoms with Crippen molar-refractivity contribution >= 4 is 27.4 Å². The average Bonchev–Trinajstić information content (AvgIpc) is 3.60. The number of likely N-dealkylation sites (tertiary alicyclic amines) is 1. The van der Waals surface area contributed by atoms with Crippen molar-refractivity contribution in [1.82, 2.24) is 24.6 Å². The highest BCUT2D eigenvalue weighted by atomic mass is 32.1. The Balaban J connectivity index is 1.40. The number of hydrogen-bond acceptors (Lipinski definition) is 7. The smallest absolute Gasteiger partial charge is 0.253 e. The molecule has 2 saturated heterocycles. The lowest BCUT2D eigenvalue weighted by Gasteiger charge is -2.28. The van der Waals surface area contributed by atoms with Crippen LogP contribution in [0.2, 0.25) is 0 Å². The Morgan fingerprint density at radius 3 is 2.67 bits per heavy atom. The molecule has 5 heterocycles. The van der Waals surface area contributed by atoms with E-state index in [9.17, 15) is 0 Å². The maximum Gasteiger partial charge on any atom is 0.253 e. The lowest BCUT2D eigenvalue weighted by atomic mass is 10.1. The second kappa shape index (κ2) is 8.85. The van der Waals surface area contributed by atoms with Gasteiger partial charge in [-0.1, -0.05) is 23.8 Å². The van der Waals surface area contributed by atoms with Crippen LogP contribution in [0.5, 0.6) is 0 Å². The van der Waals surface area contributed by atoms with Crippen LogP contribution >= 0.6 is 11.3 Å². The van der Waals surface area contributed by atoms with Gasteiger partial charge in [0.15, 0.2) is 5.82 Å². The van der Waals surface area contributed by atoms with E-state index in [2.05, 4.69) is 47.1 Å². The Bertz CT molecular complexity index is 1270. The molecule has 4 aromatic rings. The molecule has 2 aliphatic rings. The van der Waals surface area contributed by atoms with Crippen molar-refractivity contribution in [2.75, 3.05) is 44.3 Å². The van der Waals surface area contributed by atoms with Crippen molar-refractivity contribution in [2.24, 2.45) is 0 Å². The molecule has 6 rings (SSSR count). The van der Waals surface area contributed by atoms with Gasteiger partial charge in [0.25, 0.3) is 5.95 Å². The quantitative estimate of drug-likeness (QED) is 0.443. The predicted octanol–water partition coefficient (Wildman–Crippen LogP) is 4.28. The number of thiophene rings is 1. The van der Waals surface area contributed by atoms with Gasteiger partial charge < -0.3 is 9.64 Å². The van der Waals surface area contributed by atoms with Crippen molar-refractivity contribution in [3.05, 3.63) is 53.0 Å². The van der Waals surface area contributed by atoms with Crippen molar-refractivity contribution in [3.63, 3.8) is 0 Å². The molecule has 0 spiro atoms. The number of benzene rings is 1. The SMILES string of the molecule is Cc1cccc(-c2ccn(-c3nc(N4CCOCC4)c4sc(CN5CCCC5)cc4n3)n2)c1. The topological polar surface area (TPSA) is 59.3 Å². The van der Waals surface area contributed by atoms with Crippen LogP contribution in [0.4, 0.5) is 5.82 Å². The van der Waals surface area contributed by atoms with E-state index in [1.54, 1.807) is 4.68 Å². The number of rotatable bonds is 5. The van der Waals surface area contributed by atoms with Gasteiger partial charge in [0.1, 0.15) is 0 Å². The maximum absolute atomic E-state index is 5.60. The Morgan fingerprint density at radius 2 is 1.85 bits per heavy atom. The molecule has 0 bridgehead atoms. The van der Waals surface area contributed by atoms with Crippen molar-refractivity contribution in [2.45, 2.75) is 26.3 Å². The summed E-state index contributed by atoms with van der Waals surface area (Å²) in [6.45, 7) is 8.63. The third kappa shape index (κ3) is 4.26. The van der Waals surface area contributed by atoms with Crippen LogP contribution in [0.25, 0.3) is 27.4 Å². The fraction of sp³-hybridized carbons (Fsp3) is 0.400. The summed E-state index contributed by atoms with van der Waals surface area (Å²) in [4.78, 5) is 16.2. The molecule has 0 amide bonds. The number of aromatic nitrogens is 4. The zero-order chi connectivity index (χ0) is 22.2. The molecule has 0 atom stereocenters. The van der Waals surface area contributed by atoms with E-state index in [1.807, 2.05) is 23.6 Å². The largest absolute Gasteiger partial charge is 0.378 e. The first-order chi connectivity index (χ1) is 16.2. The minimum atomic E-state index is 0.619. The van der Waals surface area contributed by atoms with Crippen LogP contribution in [0.3, 0.4) is 0 Å². The zero-order valence-electron chi connectivity index (χ0n) is 18.9. The van der Waals surface area contributed by atoms with Gasteiger partial charge in [-0.3, -0.25) is 4.90 Å². The Morgan fingerprint density at radius 1 is 1.00 bits per heavy atom. The number of morpholine rings is 1. The number of aryl methyl sites for hydroxylation is 1. The summed E-state index contributed by atoms with van der Waals surface area (Å²) in [6, 6.07) is 12.7. The summed E-state index contributed by atoms with van der Waals surface area (Å²) in [6.07, 6.45) is 4.56. The molecule has 3 aromatic heterocycles. The van der Waals surface area contributed by atoms with E-state index in [4.69, 9.17) is 19.8 Å². The Kier molecular flexibility index (Phi) is 5.57. The van der Waals surface area contributed by atoms with Gasteiger partial charge in [-0.05, 0) is 51.1 Å². The summed E-state index contributed by atoms with van der Waals surface area (Å²) in [5, 5.41) is 4.82. The van der Waals surface area contributed by atoms with Gasteiger partial charge in [-0.15, -0.1) is 11.3 Å². The summed E-state index contributed by atoms with van der Waals surface area (Å²) < 4.78 is 8.57. The average molecular weight is 461 g/mol. The molecule has 8 heteroatoms. The van der Waals surface area contributed by atoms with E-state index in [-0.39, 0.29) is 0 Å². The predicted molar refractivity (Wildman–Crippen MR) is 132 cm³/mol. The lowest BCUT2D eigenvalue weighted by Crippen LogP contribution is -2.37. The van der Waals surface area contributed by atoms with Gasteiger partial charge in [-0.25, -0.2) is 9.67 Å². The van der Waals surface area contributed by atoms with Gasteiger partial charge in [0.05, 0.1) is 29.1 Å². The highest BCUT2D eigenvalue weighted by molar-refractivity contribution is 7.19. The zero-order valence-corrected chi connectivity index (χ0v) is 19.7. The highest BCUT2D eigenvalue weighted by Crippen LogP contribution is 2.34. The minimum Gasteiger partial charge on any atom is -0.378 e. The molecule has 0 unspecified atom stereocenters. The molecule has 2 fully saturated rings. The normalized spacial score (nSPS) is 17.3. The van der Waals surface area contributed by atoms with E-state index in [0.29, 0.717) is 5.95 Å². The number of hydrogen-bond donors (Lipinski definition) is 0. The van der Waals surface area contributed by atoms with Crippen LogP contribution in [0, 0.1) is 6.92 Å². The van der Waals surface area contributed by atoms with Crippen LogP contribution in [-0.2, 0) is 11.3 Å². The van der Waals surface area contributed by atoms with Crippen molar-refractivity contribution in [3.8, 4) is 17.2 Å². The number of fused-ring (bicyclic) bond motifs is 1.